The van der Waals surface area contributed by atoms with Crippen molar-refractivity contribution in [2.45, 2.75) is 321 Å². The van der Waals surface area contributed by atoms with E-state index < -0.39 is 12.1 Å². The van der Waals surface area contributed by atoms with Crippen molar-refractivity contribution in [3.05, 3.63) is 48.6 Å². The lowest BCUT2D eigenvalue weighted by atomic mass is 10.0. The minimum absolute atomic E-state index is 0.0174. The van der Waals surface area contributed by atoms with Gasteiger partial charge in [0.1, 0.15) is 0 Å². The Morgan fingerprint density at radius 2 is 0.779 bits per heavy atom. The molecule has 0 heterocycles. The van der Waals surface area contributed by atoms with Crippen LogP contribution < -0.4 is 5.32 Å². The molecule has 68 heavy (non-hydrogen) atoms. The predicted octanol–water partition coefficient (Wildman–Crippen LogP) is 18.6. The van der Waals surface area contributed by atoms with E-state index in [1.807, 2.05) is 0 Å². The number of ether oxygens (including phenoxy) is 1. The van der Waals surface area contributed by atoms with E-state index in [4.69, 9.17) is 4.74 Å². The largest absolute Gasteiger partial charge is 0.466 e. The van der Waals surface area contributed by atoms with Gasteiger partial charge in [-0.2, -0.15) is 0 Å². The summed E-state index contributed by atoms with van der Waals surface area (Å²) in [5.41, 5.74) is 0. The summed E-state index contributed by atoms with van der Waals surface area (Å²) in [5, 5.41) is 23.2. The van der Waals surface area contributed by atoms with Crippen LogP contribution in [0.15, 0.2) is 48.6 Å². The maximum absolute atomic E-state index is 12.5. The first kappa shape index (κ1) is 65.8. The van der Waals surface area contributed by atoms with Crippen LogP contribution in [0.2, 0.25) is 0 Å². The third-order valence-corrected chi connectivity index (χ3v) is 13.6. The summed E-state index contributed by atoms with van der Waals surface area (Å²) in [5.74, 6) is -0.0627. The number of rotatable bonds is 55. The van der Waals surface area contributed by atoms with E-state index in [2.05, 4.69) is 67.8 Å². The Hall–Kier alpha value is -2.18. The molecule has 0 fully saturated rings. The van der Waals surface area contributed by atoms with Crippen molar-refractivity contribution in [1.82, 2.24) is 5.32 Å². The molecule has 1 amide bonds. The highest BCUT2D eigenvalue weighted by Gasteiger charge is 2.20. The van der Waals surface area contributed by atoms with Gasteiger partial charge in [0.15, 0.2) is 0 Å². The van der Waals surface area contributed by atoms with Gasteiger partial charge >= 0.3 is 5.97 Å². The lowest BCUT2D eigenvalue weighted by molar-refractivity contribution is -0.143. The molecule has 2 unspecified atom stereocenters. The monoisotopic (exact) mass is 954 g/mol. The minimum atomic E-state index is -0.671. The standard InChI is InChI=1S/C62H115NO5/c1-3-5-7-9-11-13-15-17-18-19-21-25-28-32-36-40-44-48-52-56-62(67)68-57-53-49-45-41-37-33-29-26-23-20-22-24-27-31-35-39-43-47-51-55-61(66)63-59(58-64)60(65)54-50-46-42-38-34-30-16-14-12-10-8-6-4-2/h11,13,17-18,26,29,33,37,59-60,64-65H,3-10,12,14-16,19-25,27-28,30-32,34-36,38-58H2,1-2H3,(H,63,66)/b13-11-,18-17-,29-26-,37-33-. The van der Waals surface area contributed by atoms with Crippen LogP contribution in [-0.2, 0) is 14.3 Å². The second-order valence-electron chi connectivity index (χ2n) is 20.4. The van der Waals surface area contributed by atoms with Gasteiger partial charge in [0.05, 0.1) is 25.4 Å². The summed E-state index contributed by atoms with van der Waals surface area (Å²) in [4.78, 5) is 24.5. The average Bonchev–Trinajstić information content (AvgIpc) is 3.34. The number of nitrogens with one attached hydrogen (secondary N) is 1. The van der Waals surface area contributed by atoms with Crippen molar-refractivity contribution in [3.63, 3.8) is 0 Å². The summed E-state index contributed by atoms with van der Waals surface area (Å²) in [6.45, 7) is 4.89. The highest BCUT2D eigenvalue weighted by molar-refractivity contribution is 5.76. The van der Waals surface area contributed by atoms with Gasteiger partial charge in [-0.05, 0) is 89.9 Å². The molecule has 0 bridgehead atoms. The number of amides is 1. The Morgan fingerprint density at radius 1 is 0.426 bits per heavy atom. The first-order chi connectivity index (χ1) is 33.5. The molecular formula is C62H115NO5. The van der Waals surface area contributed by atoms with E-state index in [-0.39, 0.29) is 18.5 Å². The maximum atomic E-state index is 12.5. The highest BCUT2D eigenvalue weighted by atomic mass is 16.5. The normalized spacial score (nSPS) is 12.9. The molecule has 0 aromatic rings. The highest BCUT2D eigenvalue weighted by Crippen LogP contribution is 2.17. The van der Waals surface area contributed by atoms with Gasteiger partial charge in [-0.25, -0.2) is 0 Å². The summed E-state index contributed by atoms with van der Waals surface area (Å²) in [6.07, 6.45) is 72.5. The Balaban J connectivity index is 3.46. The van der Waals surface area contributed by atoms with Gasteiger partial charge in [0, 0.05) is 12.8 Å². The van der Waals surface area contributed by atoms with Gasteiger partial charge in [-0.3, -0.25) is 9.59 Å². The number of esters is 1. The van der Waals surface area contributed by atoms with E-state index >= 15 is 0 Å². The number of aliphatic hydroxyl groups excluding tert-OH is 2. The average molecular weight is 955 g/mol. The van der Waals surface area contributed by atoms with Crippen molar-refractivity contribution in [3.8, 4) is 0 Å². The Bertz CT molecular complexity index is 1150. The minimum Gasteiger partial charge on any atom is -0.466 e. The van der Waals surface area contributed by atoms with E-state index in [0.717, 1.165) is 77.0 Å². The molecule has 0 aliphatic rings. The SMILES string of the molecule is CCCCC/C=C\C/C=C\CCCCCCCCCCCC(=O)OCCCCC/C=C\C=C/CCCCCCCCCCCCC(=O)NC(CO)C(O)CCCCCCCCCCCCCCC. The van der Waals surface area contributed by atoms with Crippen molar-refractivity contribution >= 4 is 11.9 Å². The summed E-state index contributed by atoms with van der Waals surface area (Å²) >= 11 is 0. The van der Waals surface area contributed by atoms with E-state index in [0.29, 0.717) is 25.9 Å². The third-order valence-electron chi connectivity index (χ3n) is 13.6. The van der Waals surface area contributed by atoms with Gasteiger partial charge in [0.25, 0.3) is 0 Å². The van der Waals surface area contributed by atoms with Crippen LogP contribution >= 0.6 is 0 Å². The zero-order valence-electron chi connectivity index (χ0n) is 45.3. The molecule has 0 aliphatic carbocycles. The van der Waals surface area contributed by atoms with Crippen molar-refractivity contribution < 1.29 is 24.5 Å². The first-order valence-corrected chi connectivity index (χ1v) is 29.9. The van der Waals surface area contributed by atoms with Crippen molar-refractivity contribution in [2.75, 3.05) is 13.2 Å². The number of hydrogen-bond donors (Lipinski definition) is 3. The number of allylic oxidation sites excluding steroid dienone is 8. The quantitative estimate of drug-likeness (QED) is 0.0244. The lowest BCUT2D eigenvalue weighted by Gasteiger charge is -2.22. The fraction of sp³-hybridized carbons (Fsp3) is 0.839. The number of aliphatic hydroxyl groups is 2. The van der Waals surface area contributed by atoms with Crippen LogP contribution in [0.25, 0.3) is 0 Å². The lowest BCUT2D eigenvalue weighted by Crippen LogP contribution is -2.45. The van der Waals surface area contributed by atoms with Gasteiger partial charge in [-0.15, -0.1) is 0 Å². The number of unbranched alkanes of at least 4 members (excludes halogenated alkanes) is 37. The van der Waals surface area contributed by atoms with E-state index in [1.54, 1.807) is 0 Å². The predicted molar refractivity (Wildman–Crippen MR) is 296 cm³/mol. The molecule has 0 aromatic heterocycles. The fourth-order valence-corrected chi connectivity index (χ4v) is 9.01. The van der Waals surface area contributed by atoms with Crippen LogP contribution in [0.3, 0.4) is 0 Å². The van der Waals surface area contributed by atoms with Crippen LogP contribution in [0.1, 0.15) is 309 Å². The second-order valence-corrected chi connectivity index (χ2v) is 20.4. The van der Waals surface area contributed by atoms with Gasteiger partial charge in [-0.1, -0.05) is 255 Å². The molecule has 398 valence electrons. The van der Waals surface area contributed by atoms with Gasteiger partial charge in [0.2, 0.25) is 5.91 Å². The Kier molecular flexibility index (Phi) is 55.6. The molecule has 6 nitrogen and oxygen atoms in total. The van der Waals surface area contributed by atoms with Crippen LogP contribution in [0, 0.1) is 0 Å². The topological polar surface area (TPSA) is 95.9 Å². The molecule has 6 heteroatoms. The summed E-state index contributed by atoms with van der Waals surface area (Å²) in [6, 6.07) is -0.549. The Morgan fingerprint density at radius 3 is 1.24 bits per heavy atom. The van der Waals surface area contributed by atoms with Crippen LogP contribution in [0.5, 0.6) is 0 Å². The number of carbonyl (C=O) groups excluding carboxylic acids is 2. The Labute approximate surface area is 423 Å². The smallest absolute Gasteiger partial charge is 0.305 e. The number of carbonyl (C=O) groups is 2. The molecule has 0 aliphatic heterocycles. The van der Waals surface area contributed by atoms with Crippen LogP contribution in [0.4, 0.5) is 0 Å². The fourth-order valence-electron chi connectivity index (χ4n) is 9.01. The van der Waals surface area contributed by atoms with Crippen molar-refractivity contribution in [1.29, 1.82) is 0 Å². The molecule has 0 rings (SSSR count). The maximum Gasteiger partial charge on any atom is 0.305 e. The molecule has 0 aromatic carbocycles. The molecule has 0 saturated carbocycles. The summed E-state index contributed by atoms with van der Waals surface area (Å²) in [7, 11) is 0. The molecule has 0 spiro atoms. The molecule has 0 radical (unpaired) electrons. The third kappa shape index (κ3) is 53.2. The van der Waals surface area contributed by atoms with Crippen molar-refractivity contribution in [2.24, 2.45) is 0 Å². The summed E-state index contributed by atoms with van der Waals surface area (Å²) < 4.78 is 5.47. The second kappa shape index (κ2) is 57.4. The molecule has 3 N–H and O–H groups in total. The molecule has 0 saturated heterocycles. The van der Waals surface area contributed by atoms with E-state index in [1.165, 1.54) is 199 Å². The zero-order valence-corrected chi connectivity index (χ0v) is 45.3. The molecular weight excluding hydrogens is 839 g/mol. The zero-order chi connectivity index (χ0) is 49.3. The van der Waals surface area contributed by atoms with Crippen LogP contribution in [-0.4, -0.2) is 47.4 Å². The van der Waals surface area contributed by atoms with E-state index in [9.17, 15) is 19.8 Å². The first-order valence-electron chi connectivity index (χ1n) is 29.9. The number of hydrogen-bond acceptors (Lipinski definition) is 5. The van der Waals surface area contributed by atoms with Gasteiger partial charge < -0.3 is 20.3 Å². The molecule has 2 atom stereocenters.